The molecule has 0 aliphatic heterocycles. The highest BCUT2D eigenvalue weighted by Gasteiger charge is 2.06. The van der Waals surface area contributed by atoms with Gasteiger partial charge in [-0.3, -0.25) is 0 Å². The lowest BCUT2D eigenvalue weighted by Crippen LogP contribution is -1.99. The van der Waals surface area contributed by atoms with E-state index in [-0.39, 0.29) is 5.75 Å². The van der Waals surface area contributed by atoms with Gasteiger partial charge in [0, 0.05) is 29.2 Å². The predicted octanol–water partition coefficient (Wildman–Crippen LogP) is 3.62. The molecule has 3 aromatic rings. The van der Waals surface area contributed by atoms with Gasteiger partial charge >= 0.3 is 0 Å². The van der Waals surface area contributed by atoms with Gasteiger partial charge in [-0.05, 0) is 30.3 Å². The molecule has 0 saturated heterocycles. The third kappa shape index (κ3) is 3.37. The molecule has 0 amide bonds. The zero-order valence-corrected chi connectivity index (χ0v) is 12.5. The molecular formula is C17H15FN4O. The molecular weight excluding hydrogens is 295 g/mol. The van der Waals surface area contributed by atoms with Gasteiger partial charge in [0.2, 0.25) is 5.95 Å². The predicted molar refractivity (Wildman–Crippen MR) is 88.1 cm³/mol. The number of nitrogens with two attached hydrogens (primary N) is 1. The zero-order valence-electron chi connectivity index (χ0n) is 12.5. The minimum absolute atomic E-state index is 0.185. The monoisotopic (exact) mass is 310 g/mol. The Morgan fingerprint density at radius 3 is 2.74 bits per heavy atom. The van der Waals surface area contributed by atoms with E-state index in [0.717, 1.165) is 11.3 Å². The summed E-state index contributed by atoms with van der Waals surface area (Å²) in [6, 6.07) is 13.8. The van der Waals surface area contributed by atoms with E-state index in [1.807, 2.05) is 24.3 Å². The summed E-state index contributed by atoms with van der Waals surface area (Å²) in [5.41, 5.74) is 8.60. The van der Waals surface area contributed by atoms with E-state index in [1.54, 1.807) is 24.4 Å². The molecule has 116 valence electrons. The van der Waals surface area contributed by atoms with Crippen molar-refractivity contribution in [2.75, 3.05) is 18.2 Å². The van der Waals surface area contributed by atoms with Crippen molar-refractivity contribution in [3.05, 3.63) is 60.5 Å². The maximum atomic E-state index is 13.7. The van der Waals surface area contributed by atoms with Crippen molar-refractivity contribution in [3.63, 3.8) is 0 Å². The Bertz CT molecular complexity index is 838. The van der Waals surface area contributed by atoms with Crippen LogP contribution < -0.4 is 15.8 Å². The van der Waals surface area contributed by atoms with E-state index in [2.05, 4.69) is 15.3 Å². The summed E-state index contributed by atoms with van der Waals surface area (Å²) in [7, 11) is 1.42. The second kappa shape index (κ2) is 6.31. The Labute approximate surface area is 133 Å². The quantitative estimate of drug-likeness (QED) is 0.720. The van der Waals surface area contributed by atoms with Crippen LogP contribution in [0.3, 0.4) is 0 Å². The Balaban J connectivity index is 1.87. The van der Waals surface area contributed by atoms with Crippen LogP contribution in [-0.2, 0) is 0 Å². The van der Waals surface area contributed by atoms with Crippen LogP contribution in [0.15, 0.2) is 54.7 Å². The lowest BCUT2D eigenvalue weighted by Gasteiger charge is -2.08. The van der Waals surface area contributed by atoms with Crippen LogP contribution >= 0.6 is 0 Å². The topological polar surface area (TPSA) is 73.1 Å². The molecule has 0 bridgehead atoms. The maximum Gasteiger partial charge on any atom is 0.227 e. The van der Waals surface area contributed by atoms with Crippen molar-refractivity contribution in [2.24, 2.45) is 0 Å². The average molecular weight is 310 g/mol. The highest BCUT2D eigenvalue weighted by Crippen LogP contribution is 2.24. The van der Waals surface area contributed by atoms with Gasteiger partial charge in [-0.15, -0.1) is 0 Å². The first-order chi connectivity index (χ1) is 11.2. The van der Waals surface area contributed by atoms with Gasteiger partial charge < -0.3 is 15.8 Å². The van der Waals surface area contributed by atoms with E-state index in [9.17, 15) is 4.39 Å². The summed E-state index contributed by atoms with van der Waals surface area (Å²) in [5.74, 6) is 0.101. The van der Waals surface area contributed by atoms with Crippen molar-refractivity contribution >= 4 is 17.3 Å². The second-order valence-electron chi connectivity index (χ2n) is 4.87. The van der Waals surface area contributed by atoms with E-state index in [4.69, 9.17) is 10.5 Å². The van der Waals surface area contributed by atoms with Gasteiger partial charge in [-0.25, -0.2) is 14.4 Å². The normalized spacial score (nSPS) is 10.3. The second-order valence-corrected chi connectivity index (χ2v) is 4.87. The number of anilines is 3. The molecule has 5 nitrogen and oxygen atoms in total. The third-order valence-electron chi connectivity index (χ3n) is 3.25. The van der Waals surface area contributed by atoms with Crippen molar-refractivity contribution in [2.45, 2.75) is 0 Å². The number of halogens is 1. The fraction of sp³-hybridized carbons (Fsp3) is 0.0588. The number of nitrogens with zero attached hydrogens (tertiary/aromatic N) is 2. The summed E-state index contributed by atoms with van der Waals surface area (Å²) >= 11 is 0. The van der Waals surface area contributed by atoms with Gasteiger partial charge in [0.1, 0.15) is 0 Å². The number of nitrogens with one attached hydrogen (secondary N) is 1. The molecule has 0 unspecified atom stereocenters. The van der Waals surface area contributed by atoms with E-state index in [1.165, 1.54) is 13.2 Å². The number of hydrogen-bond donors (Lipinski definition) is 2. The zero-order chi connectivity index (χ0) is 16.2. The summed E-state index contributed by atoms with van der Waals surface area (Å²) in [4.78, 5) is 8.57. The highest BCUT2D eigenvalue weighted by molar-refractivity contribution is 5.65. The van der Waals surface area contributed by atoms with E-state index >= 15 is 0 Å². The summed E-state index contributed by atoms with van der Waals surface area (Å²) in [6.45, 7) is 0. The van der Waals surface area contributed by atoms with E-state index in [0.29, 0.717) is 17.3 Å². The molecule has 0 atom stereocenters. The molecule has 0 radical (unpaired) electrons. The molecule has 6 heteroatoms. The lowest BCUT2D eigenvalue weighted by atomic mass is 10.1. The van der Waals surface area contributed by atoms with Crippen molar-refractivity contribution < 1.29 is 9.13 Å². The van der Waals surface area contributed by atoms with Crippen LogP contribution in [-0.4, -0.2) is 17.1 Å². The van der Waals surface area contributed by atoms with Crippen LogP contribution in [0.4, 0.5) is 21.7 Å². The largest absolute Gasteiger partial charge is 0.494 e. The number of hydrogen-bond acceptors (Lipinski definition) is 5. The molecule has 1 heterocycles. The minimum Gasteiger partial charge on any atom is -0.494 e. The molecule has 0 spiro atoms. The molecule has 23 heavy (non-hydrogen) atoms. The van der Waals surface area contributed by atoms with Gasteiger partial charge in [0.05, 0.1) is 12.8 Å². The minimum atomic E-state index is -0.454. The molecule has 2 aromatic carbocycles. The molecule has 3 N–H and O–H groups in total. The summed E-state index contributed by atoms with van der Waals surface area (Å²) in [6.07, 6.45) is 1.63. The van der Waals surface area contributed by atoms with Crippen LogP contribution in [0.5, 0.6) is 5.75 Å². The van der Waals surface area contributed by atoms with Crippen molar-refractivity contribution in [1.82, 2.24) is 9.97 Å². The van der Waals surface area contributed by atoms with Crippen LogP contribution in [0.25, 0.3) is 11.3 Å². The van der Waals surface area contributed by atoms with E-state index < -0.39 is 5.82 Å². The highest BCUT2D eigenvalue weighted by atomic mass is 19.1. The fourth-order valence-electron chi connectivity index (χ4n) is 2.15. The smallest absolute Gasteiger partial charge is 0.227 e. The molecule has 0 fully saturated rings. The Kier molecular flexibility index (Phi) is 4.05. The first kappa shape index (κ1) is 14.8. The molecule has 0 saturated carbocycles. The Morgan fingerprint density at radius 2 is 2.00 bits per heavy atom. The molecule has 0 aliphatic carbocycles. The molecule has 0 aliphatic rings. The van der Waals surface area contributed by atoms with Crippen LogP contribution in [0, 0.1) is 5.82 Å². The Hall–Kier alpha value is -3.15. The van der Waals surface area contributed by atoms with Gasteiger partial charge in [-0.1, -0.05) is 12.1 Å². The van der Waals surface area contributed by atoms with Crippen molar-refractivity contribution in [3.8, 4) is 17.0 Å². The Morgan fingerprint density at radius 1 is 1.13 bits per heavy atom. The first-order valence-electron chi connectivity index (χ1n) is 6.95. The van der Waals surface area contributed by atoms with Crippen molar-refractivity contribution in [1.29, 1.82) is 0 Å². The number of ether oxygens (including phenoxy) is 1. The van der Waals surface area contributed by atoms with Crippen LogP contribution in [0.1, 0.15) is 0 Å². The fourth-order valence-corrected chi connectivity index (χ4v) is 2.15. The standard InChI is InChI=1S/C17H15FN4O/c1-23-16-6-5-13(10-14(16)18)21-17-20-8-7-15(22-17)11-3-2-4-12(19)9-11/h2-10H,19H2,1H3,(H,20,21,22). The van der Waals surface area contributed by atoms with Gasteiger partial charge in [-0.2, -0.15) is 0 Å². The lowest BCUT2D eigenvalue weighted by molar-refractivity contribution is 0.386. The number of benzene rings is 2. The molecule has 1 aromatic heterocycles. The maximum absolute atomic E-state index is 13.7. The number of methoxy groups -OCH3 is 1. The summed E-state index contributed by atoms with van der Waals surface area (Å²) in [5, 5.41) is 2.97. The van der Waals surface area contributed by atoms with Crippen LogP contribution in [0.2, 0.25) is 0 Å². The first-order valence-corrected chi connectivity index (χ1v) is 6.95. The van der Waals surface area contributed by atoms with Gasteiger partial charge in [0.15, 0.2) is 11.6 Å². The third-order valence-corrected chi connectivity index (χ3v) is 3.25. The number of rotatable bonds is 4. The number of nitrogen functional groups attached to an aromatic ring is 1. The summed E-state index contributed by atoms with van der Waals surface area (Å²) < 4.78 is 18.6. The SMILES string of the molecule is COc1ccc(Nc2nccc(-c3cccc(N)c3)n2)cc1F. The van der Waals surface area contributed by atoms with Gasteiger partial charge in [0.25, 0.3) is 0 Å². The number of aromatic nitrogens is 2. The average Bonchev–Trinajstić information content (AvgIpc) is 2.55. The molecule has 3 rings (SSSR count).